The molecule has 0 aliphatic heterocycles. The number of halogens is 1. The summed E-state index contributed by atoms with van der Waals surface area (Å²) in [5, 5.41) is 10.8. The van der Waals surface area contributed by atoms with Gasteiger partial charge < -0.3 is 5.11 Å². The summed E-state index contributed by atoms with van der Waals surface area (Å²) in [7, 11) is 0. The van der Waals surface area contributed by atoms with Gasteiger partial charge in [-0.1, -0.05) is 27.8 Å². The molecule has 62 valence electrons. The Morgan fingerprint density at radius 3 is 3.00 bits per heavy atom. The third-order valence-corrected chi connectivity index (χ3v) is 2.25. The van der Waals surface area contributed by atoms with Crippen LogP contribution in [0.3, 0.4) is 0 Å². The first-order valence-corrected chi connectivity index (χ1v) is 5.11. The average molecular weight is 245 g/mol. The predicted molar refractivity (Wildman–Crippen MR) is 52.0 cm³/mol. The second-order valence-electron chi connectivity index (χ2n) is 1.94. The second kappa shape index (κ2) is 4.29. The van der Waals surface area contributed by atoms with Crippen molar-refractivity contribution in [1.29, 1.82) is 0 Å². The molecule has 0 saturated carbocycles. The molecule has 0 atom stereocenters. The molecule has 12 heavy (non-hydrogen) atoms. The van der Waals surface area contributed by atoms with E-state index >= 15 is 0 Å². The predicted octanol–water partition coefficient (Wildman–Crippen LogP) is 2.19. The summed E-state index contributed by atoms with van der Waals surface area (Å²) in [5.74, 6) is 4.72. The number of carboxylic acid groups (broad SMARTS) is 1. The van der Waals surface area contributed by atoms with Crippen LogP contribution in [0.2, 0.25) is 0 Å². The third kappa shape index (κ3) is 2.36. The first-order chi connectivity index (χ1) is 5.74. The van der Waals surface area contributed by atoms with Gasteiger partial charge >= 0.3 is 5.97 Å². The third-order valence-electron chi connectivity index (χ3n) is 1.12. The minimum atomic E-state index is -0.904. The van der Waals surface area contributed by atoms with Crippen molar-refractivity contribution in [2.24, 2.45) is 0 Å². The van der Waals surface area contributed by atoms with Crippen molar-refractivity contribution >= 4 is 33.2 Å². The number of thiophene rings is 1. The van der Waals surface area contributed by atoms with Crippen LogP contribution in [0.25, 0.3) is 0 Å². The summed E-state index contributed by atoms with van der Waals surface area (Å²) in [6.45, 7) is 0. The summed E-state index contributed by atoms with van der Waals surface area (Å²) in [6.07, 6.45) is 0. The maximum absolute atomic E-state index is 10.4. The monoisotopic (exact) mass is 244 g/mol. The van der Waals surface area contributed by atoms with E-state index in [1.807, 2.05) is 0 Å². The Morgan fingerprint density at radius 2 is 2.50 bits per heavy atom. The molecule has 0 unspecified atom stereocenters. The summed E-state index contributed by atoms with van der Waals surface area (Å²) < 4.78 is 0. The highest BCUT2D eigenvalue weighted by molar-refractivity contribution is 9.09. The van der Waals surface area contributed by atoms with E-state index in [1.54, 1.807) is 11.4 Å². The van der Waals surface area contributed by atoms with Crippen LogP contribution < -0.4 is 0 Å². The van der Waals surface area contributed by atoms with Gasteiger partial charge in [0.2, 0.25) is 0 Å². The van der Waals surface area contributed by atoms with Crippen LogP contribution >= 0.6 is 27.3 Å². The molecule has 0 aromatic carbocycles. The fourth-order valence-corrected chi connectivity index (χ4v) is 1.52. The molecule has 0 fully saturated rings. The minimum Gasteiger partial charge on any atom is -0.478 e. The van der Waals surface area contributed by atoms with Gasteiger partial charge in [0.15, 0.2) is 0 Å². The highest BCUT2D eigenvalue weighted by Crippen LogP contribution is 2.12. The highest BCUT2D eigenvalue weighted by atomic mass is 79.9. The Labute approximate surface area is 82.4 Å². The molecular formula is C8H5BrO2S. The SMILES string of the molecule is O=C(O)c1csc(C#CCBr)c1. The van der Waals surface area contributed by atoms with E-state index in [1.165, 1.54) is 11.3 Å². The van der Waals surface area contributed by atoms with Gasteiger partial charge in [0, 0.05) is 5.38 Å². The van der Waals surface area contributed by atoms with Gasteiger partial charge in [-0.2, -0.15) is 0 Å². The van der Waals surface area contributed by atoms with E-state index in [9.17, 15) is 4.79 Å². The lowest BCUT2D eigenvalue weighted by molar-refractivity contribution is 0.0697. The van der Waals surface area contributed by atoms with Crippen LogP contribution in [0.1, 0.15) is 15.2 Å². The number of rotatable bonds is 1. The van der Waals surface area contributed by atoms with Crippen molar-refractivity contribution in [3.63, 3.8) is 0 Å². The molecule has 1 N–H and O–H groups in total. The maximum atomic E-state index is 10.4. The highest BCUT2D eigenvalue weighted by Gasteiger charge is 2.03. The number of hydrogen-bond acceptors (Lipinski definition) is 2. The molecule has 0 spiro atoms. The molecule has 0 radical (unpaired) electrons. The van der Waals surface area contributed by atoms with E-state index in [2.05, 4.69) is 27.8 Å². The van der Waals surface area contributed by atoms with Crippen molar-refractivity contribution in [1.82, 2.24) is 0 Å². The molecular weight excluding hydrogens is 240 g/mol. The fourth-order valence-electron chi connectivity index (χ4n) is 0.634. The van der Waals surface area contributed by atoms with E-state index < -0.39 is 5.97 Å². The molecule has 1 aromatic heterocycles. The minimum absolute atomic E-state index is 0.305. The molecule has 0 amide bonds. The Kier molecular flexibility index (Phi) is 3.32. The average Bonchev–Trinajstić information content (AvgIpc) is 2.48. The van der Waals surface area contributed by atoms with E-state index in [4.69, 9.17) is 5.11 Å². The van der Waals surface area contributed by atoms with E-state index in [0.29, 0.717) is 10.9 Å². The maximum Gasteiger partial charge on any atom is 0.336 e. The molecule has 0 aliphatic carbocycles. The first kappa shape index (κ1) is 9.30. The zero-order valence-corrected chi connectivity index (χ0v) is 8.41. The summed E-state index contributed by atoms with van der Waals surface area (Å²) in [4.78, 5) is 11.2. The van der Waals surface area contributed by atoms with Gasteiger partial charge in [0.25, 0.3) is 0 Å². The zero-order valence-electron chi connectivity index (χ0n) is 6.00. The van der Waals surface area contributed by atoms with Crippen LogP contribution in [0.15, 0.2) is 11.4 Å². The van der Waals surface area contributed by atoms with Gasteiger partial charge in [-0.05, 0) is 6.07 Å². The summed E-state index contributed by atoms with van der Waals surface area (Å²) in [5.41, 5.74) is 0.305. The van der Waals surface area contributed by atoms with Crippen LogP contribution in [0, 0.1) is 11.8 Å². The molecule has 0 aliphatic rings. The number of aromatic carboxylic acids is 1. The molecule has 1 rings (SSSR count). The summed E-state index contributed by atoms with van der Waals surface area (Å²) >= 11 is 4.50. The standard InChI is InChI=1S/C8H5BrO2S/c9-3-1-2-7-4-6(5-12-7)8(10)11/h4-5H,3H2,(H,10,11). The lowest BCUT2D eigenvalue weighted by Gasteiger charge is -1.80. The topological polar surface area (TPSA) is 37.3 Å². The molecule has 0 saturated heterocycles. The molecule has 1 heterocycles. The largest absolute Gasteiger partial charge is 0.478 e. The Morgan fingerprint density at radius 1 is 1.75 bits per heavy atom. The molecule has 1 aromatic rings. The number of hydrogen-bond donors (Lipinski definition) is 1. The van der Waals surface area contributed by atoms with Crippen LogP contribution in [-0.4, -0.2) is 16.4 Å². The van der Waals surface area contributed by atoms with Crippen LogP contribution in [0.5, 0.6) is 0 Å². The van der Waals surface area contributed by atoms with Gasteiger partial charge in [-0.25, -0.2) is 4.79 Å². The lowest BCUT2D eigenvalue weighted by atomic mass is 10.3. The van der Waals surface area contributed by atoms with Crippen molar-refractivity contribution in [2.45, 2.75) is 0 Å². The normalized spacial score (nSPS) is 8.75. The second-order valence-corrected chi connectivity index (χ2v) is 3.41. The number of carbonyl (C=O) groups is 1. The Bertz CT molecular complexity index is 345. The quantitative estimate of drug-likeness (QED) is 0.608. The van der Waals surface area contributed by atoms with Crippen LogP contribution in [-0.2, 0) is 0 Å². The first-order valence-electron chi connectivity index (χ1n) is 3.10. The van der Waals surface area contributed by atoms with Gasteiger partial charge in [-0.15, -0.1) is 11.3 Å². The Balaban J connectivity index is 2.84. The van der Waals surface area contributed by atoms with Crippen molar-refractivity contribution in [3.05, 3.63) is 21.9 Å². The van der Waals surface area contributed by atoms with Gasteiger partial charge in [-0.3, -0.25) is 0 Å². The van der Waals surface area contributed by atoms with Crippen LogP contribution in [0.4, 0.5) is 0 Å². The Hall–Kier alpha value is -0.790. The van der Waals surface area contributed by atoms with Crippen molar-refractivity contribution in [2.75, 3.05) is 5.33 Å². The van der Waals surface area contributed by atoms with Gasteiger partial charge in [0.1, 0.15) is 0 Å². The van der Waals surface area contributed by atoms with E-state index in [-0.39, 0.29) is 0 Å². The number of carboxylic acids is 1. The summed E-state index contributed by atoms with van der Waals surface area (Å²) in [6, 6.07) is 1.57. The van der Waals surface area contributed by atoms with E-state index in [0.717, 1.165) is 4.88 Å². The fraction of sp³-hybridized carbons (Fsp3) is 0.125. The smallest absolute Gasteiger partial charge is 0.336 e. The lowest BCUT2D eigenvalue weighted by Crippen LogP contribution is -1.91. The number of alkyl halides is 1. The zero-order chi connectivity index (χ0) is 8.97. The molecule has 2 nitrogen and oxygen atoms in total. The van der Waals surface area contributed by atoms with Crippen molar-refractivity contribution < 1.29 is 9.90 Å². The van der Waals surface area contributed by atoms with Gasteiger partial charge in [0.05, 0.1) is 15.8 Å². The molecule has 4 heteroatoms. The van der Waals surface area contributed by atoms with Crippen molar-refractivity contribution in [3.8, 4) is 11.8 Å². The molecule has 0 bridgehead atoms.